The van der Waals surface area contributed by atoms with Crippen molar-refractivity contribution >= 4 is 11.3 Å². The van der Waals surface area contributed by atoms with Crippen LogP contribution in [0.1, 0.15) is 57.3 Å². The SMILES string of the molecule is CCC(C)C(N)c1csc(C(C)(CC)OC)n1. The number of hydrogen-bond acceptors (Lipinski definition) is 4. The van der Waals surface area contributed by atoms with Gasteiger partial charge < -0.3 is 10.5 Å². The maximum Gasteiger partial charge on any atom is 0.125 e. The second-order valence-corrected chi connectivity index (χ2v) is 5.64. The van der Waals surface area contributed by atoms with Gasteiger partial charge in [0.2, 0.25) is 0 Å². The van der Waals surface area contributed by atoms with Gasteiger partial charge in [0, 0.05) is 12.5 Å². The highest BCUT2D eigenvalue weighted by Crippen LogP contribution is 2.33. The first kappa shape index (κ1) is 14.6. The molecule has 0 radical (unpaired) electrons. The predicted octanol–water partition coefficient (Wildman–Crippen LogP) is 3.46. The first-order valence-corrected chi connectivity index (χ1v) is 7.13. The highest BCUT2D eigenvalue weighted by molar-refractivity contribution is 7.09. The normalized spacial score (nSPS) is 18.7. The Kier molecular flexibility index (Phi) is 5.10. The van der Waals surface area contributed by atoms with Gasteiger partial charge in [0.05, 0.1) is 11.7 Å². The minimum atomic E-state index is -0.280. The number of aromatic nitrogens is 1. The van der Waals surface area contributed by atoms with Crippen molar-refractivity contribution in [3.05, 3.63) is 16.1 Å². The van der Waals surface area contributed by atoms with Crippen LogP contribution in [-0.4, -0.2) is 12.1 Å². The molecule has 98 valence electrons. The molecule has 0 saturated carbocycles. The van der Waals surface area contributed by atoms with E-state index < -0.39 is 0 Å². The van der Waals surface area contributed by atoms with Gasteiger partial charge in [-0.2, -0.15) is 0 Å². The van der Waals surface area contributed by atoms with E-state index in [1.807, 2.05) is 0 Å². The van der Waals surface area contributed by atoms with Crippen LogP contribution in [0, 0.1) is 5.92 Å². The molecule has 1 rings (SSSR count). The highest BCUT2D eigenvalue weighted by atomic mass is 32.1. The molecule has 0 spiro atoms. The van der Waals surface area contributed by atoms with E-state index >= 15 is 0 Å². The van der Waals surface area contributed by atoms with Crippen LogP contribution in [0.2, 0.25) is 0 Å². The minimum Gasteiger partial charge on any atom is -0.371 e. The number of nitrogens with two attached hydrogens (primary N) is 1. The van der Waals surface area contributed by atoms with E-state index in [0.717, 1.165) is 23.5 Å². The summed E-state index contributed by atoms with van der Waals surface area (Å²) in [5.41, 5.74) is 6.91. The van der Waals surface area contributed by atoms with Crippen LogP contribution < -0.4 is 5.73 Å². The zero-order chi connectivity index (χ0) is 13.1. The number of ether oxygens (including phenoxy) is 1. The molecule has 0 fully saturated rings. The Morgan fingerprint density at radius 2 is 2.18 bits per heavy atom. The van der Waals surface area contributed by atoms with E-state index in [0.29, 0.717) is 5.92 Å². The van der Waals surface area contributed by atoms with Crippen LogP contribution in [0.4, 0.5) is 0 Å². The molecule has 0 saturated heterocycles. The smallest absolute Gasteiger partial charge is 0.125 e. The largest absolute Gasteiger partial charge is 0.371 e. The van der Waals surface area contributed by atoms with E-state index in [1.54, 1.807) is 18.4 Å². The Balaban J connectivity index is 2.91. The number of rotatable bonds is 6. The lowest BCUT2D eigenvalue weighted by atomic mass is 9.98. The van der Waals surface area contributed by atoms with Crippen molar-refractivity contribution in [3.63, 3.8) is 0 Å². The van der Waals surface area contributed by atoms with Gasteiger partial charge in [-0.3, -0.25) is 0 Å². The summed E-state index contributed by atoms with van der Waals surface area (Å²) < 4.78 is 5.56. The average molecular weight is 256 g/mol. The summed E-state index contributed by atoms with van der Waals surface area (Å²) in [5, 5.41) is 3.09. The second kappa shape index (κ2) is 5.94. The van der Waals surface area contributed by atoms with E-state index in [4.69, 9.17) is 10.5 Å². The third-order valence-electron chi connectivity index (χ3n) is 3.70. The topological polar surface area (TPSA) is 48.1 Å². The van der Waals surface area contributed by atoms with Gasteiger partial charge in [-0.15, -0.1) is 11.3 Å². The lowest BCUT2D eigenvalue weighted by Gasteiger charge is -2.24. The first-order chi connectivity index (χ1) is 7.98. The summed E-state index contributed by atoms with van der Waals surface area (Å²) in [7, 11) is 1.74. The van der Waals surface area contributed by atoms with Crippen LogP contribution in [0.5, 0.6) is 0 Å². The molecule has 3 unspecified atom stereocenters. The van der Waals surface area contributed by atoms with Crippen molar-refractivity contribution in [2.24, 2.45) is 11.7 Å². The summed E-state index contributed by atoms with van der Waals surface area (Å²) in [5.74, 6) is 0.459. The molecule has 1 heterocycles. The van der Waals surface area contributed by atoms with E-state index in [1.165, 1.54) is 0 Å². The van der Waals surface area contributed by atoms with Gasteiger partial charge in [0.1, 0.15) is 10.6 Å². The molecule has 0 aliphatic carbocycles. The third-order valence-corrected chi connectivity index (χ3v) is 4.80. The molecular weight excluding hydrogens is 232 g/mol. The zero-order valence-corrected chi connectivity index (χ0v) is 12.3. The molecule has 0 amide bonds. The fourth-order valence-electron chi connectivity index (χ4n) is 1.61. The van der Waals surface area contributed by atoms with Gasteiger partial charge in [0.25, 0.3) is 0 Å². The number of nitrogens with zero attached hydrogens (tertiary/aromatic N) is 1. The zero-order valence-electron chi connectivity index (χ0n) is 11.5. The molecule has 4 heteroatoms. The van der Waals surface area contributed by atoms with E-state index in [9.17, 15) is 0 Å². The number of thiazole rings is 1. The summed E-state index contributed by atoms with van der Waals surface area (Å²) >= 11 is 1.65. The van der Waals surface area contributed by atoms with Crippen molar-refractivity contribution in [1.29, 1.82) is 0 Å². The lowest BCUT2D eigenvalue weighted by Crippen LogP contribution is -2.24. The molecule has 0 aliphatic heterocycles. The van der Waals surface area contributed by atoms with Gasteiger partial charge in [-0.05, 0) is 19.3 Å². The average Bonchev–Trinajstić information content (AvgIpc) is 2.85. The second-order valence-electron chi connectivity index (χ2n) is 4.78. The summed E-state index contributed by atoms with van der Waals surface area (Å²) in [6, 6.07) is 0.0305. The molecule has 0 bridgehead atoms. The maximum absolute atomic E-state index is 6.19. The van der Waals surface area contributed by atoms with E-state index in [-0.39, 0.29) is 11.6 Å². The Hall–Kier alpha value is -0.450. The first-order valence-electron chi connectivity index (χ1n) is 6.25. The van der Waals surface area contributed by atoms with Gasteiger partial charge in [-0.25, -0.2) is 4.98 Å². The molecule has 1 aromatic rings. The van der Waals surface area contributed by atoms with E-state index in [2.05, 4.69) is 38.1 Å². The van der Waals surface area contributed by atoms with Crippen molar-refractivity contribution in [2.45, 2.75) is 52.2 Å². The molecular formula is C13H24N2OS. The summed E-state index contributed by atoms with van der Waals surface area (Å²) in [6.45, 7) is 8.51. The highest BCUT2D eigenvalue weighted by Gasteiger charge is 2.28. The van der Waals surface area contributed by atoms with Gasteiger partial charge in [-0.1, -0.05) is 27.2 Å². The monoisotopic (exact) mass is 256 g/mol. The Morgan fingerprint density at radius 3 is 2.65 bits per heavy atom. The third kappa shape index (κ3) is 3.06. The number of hydrogen-bond donors (Lipinski definition) is 1. The maximum atomic E-state index is 6.19. The van der Waals surface area contributed by atoms with Crippen molar-refractivity contribution < 1.29 is 4.74 Å². The summed E-state index contributed by atoms with van der Waals surface area (Å²) in [6.07, 6.45) is 1.98. The van der Waals surface area contributed by atoms with Crippen LogP contribution in [0.25, 0.3) is 0 Å². The minimum absolute atomic E-state index is 0.0305. The molecule has 0 aromatic carbocycles. The molecule has 0 aliphatic rings. The van der Waals surface area contributed by atoms with Gasteiger partial charge >= 0.3 is 0 Å². The van der Waals surface area contributed by atoms with Crippen LogP contribution in [-0.2, 0) is 10.3 Å². The van der Waals surface area contributed by atoms with Crippen LogP contribution in [0.3, 0.4) is 0 Å². The fourth-order valence-corrected chi connectivity index (χ4v) is 2.69. The molecule has 3 atom stereocenters. The molecule has 2 N–H and O–H groups in total. The lowest BCUT2D eigenvalue weighted by molar-refractivity contribution is -0.00172. The van der Waals surface area contributed by atoms with Crippen molar-refractivity contribution in [2.75, 3.05) is 7.11 Å². The quantitative estimate of drug-likeness (QED) is 0.848. The van der Waals surface area contributed by atoms with Crippen LogP contribution >= 0.6 is 11.3 Å². The predicted molar refractivity (Wildman–Crippen MR) is 73.1 cm³/mol. The van der Waals surface area contributed by atoms with Crippen LogP contribution in [0.15, 0.2) is 5.38 Å². The Labute approximate surface area is 108 Å². The summed E-state index contributed by atoms with van der Waals surface area (Å²) in [4.78, 5) is 4.66. The molecule has 3 nitrogen and oxygen atoms in total. The molecule has 17 heavy (non-hydrogen) atoms. The fraction of sp³-hybridized carbons (Fsp3) is 0.769. The molecule has 1 aromatic heterocycles. The van der Waals surface area contributed by atoms with Crippen molar-refractivity contribution in [3.8, 4) is 0 Å². The van der Waals surface area contributed by atoms with Crippen molar-refractivity contribution in [1.82, 2.24) is 4.98 Å². The Bertz CT molecular complexity index is 347. The Morgan fingerprint density at radius 1 is 1.53 bits per heavy atom. The number of methoxy groups -OCH3 is 1. The standard InChI is InChI=1S/C13H24N2OS/c1-6-9(3)11(14)10-8-17-12(15-10)13(4,7-2)16-5/h8-9,11H,6-7,14H2,1-5H3. The van der Waals surface area contributed by atoms with Gasteiger partial charge in [0.15, 0.2) is 0 Å².